The molecule has 0 aliphatic carbocycles. The second-order valence-corrected chi connectivity index (χ2v) is 4.76. The van der Waals surface area contributed by atoms with Crippen LogP contribution in [0.5, 0.6) is 0 Å². The SMILES string of the molecule is Cc1ccc(C[NH2+]CCC[NH+]2CCOCC2)o1. The van der Waals surface area contributed by atoms with E-state index in [0.29, 0.717) is 0 Å². The highest BCUT2D eigenvalue weighted by molar-refractivity contribution is 5.03. The molecular formula is C13H24N2O2+2. The summed E-state index contributed by atoms with van der Waals surface area (Å²) in [5.74, 6) is 2.09. The molecule has 3 N–H and O–H groups in total. The zero-order valence-corrected chi connectivity index (χ0v) is 10.7. The minimum atomic E-state index is 0.935. The summed E-state index contributed by atoms with van der Waals surface area (Å²) in [7, 11) is 0. The van der Waals surface area contributed by atoms with E-state index in [9.17, 15) is 0 Å². The molecule has 0 saturated carbocycles. The van der Waals surface area contributed by atoms with E-state index in [0.717, 1.165) is 31.3 Å². The number of aryl methyl sites for hydroxylation is 1. The van der Waals surface area contributed by atoms with E-state index in [1.165, 1.54) is 32.6 Å². The zero-order chi connectivity index (χ0) is 11.9. The number of ether oxygens (including phenoxy) is 1. The third-order valence-corrected chi connectivity index (χ3v) is 3.28. The van der Waals surface area contributed by atoms with E-state index < -0.39 is 0 Å². The highest BCUT2D eigenvalue weighted by Gasteiger charge is 2.13. The van der Waals surface area contributed by atoms with Crippen LogP contribution in [0.25, 0.3) is 0 Å². The highest BCUT2D eigenvalue weighted by atomic mass is 16.5. The predicted octanol–water partition coefficient (Wildman–Crippen LogP) is -1.04. The van der Waals surface area contributed by atoms with Gasteiger partial charge in [0.2, 0.25) is 0 Å². The Morgan fingerprint density at radius 3 is 2.82 bits per heavy atom. The molecule has 2 rings (SSSR count). The molecule has 2 heterocycles. The van der Waals surface area contributed by atoms with Gasteiger partial charge in [0, 0.05) is 6.42 Å². The van der Waals surface area contributed by atoms with Crippen molar-refractivity contribution in [3.8, 4) is 0 Å². The molecule has 0 bridgehead atoms. The fourth-order valence-electron chi connectivity index (χ4n) is 2.25. The van der Waals surface area contributed by atoms with Gasteiger partial charge < -0.3 is 19.4 Å². The van der Waals surface area contributed by atoms with Crippen LogP contribution in [-0.4, -0.2) is 39.4 Å². The fraction of sp³-hybridized carbons (Fsp3) is 0.692. The molecule has 0 amide bonds. The third-order valence-electron chi connectivity index (χ3n) is 3.28. The van der Waals surface area contributed by atoms with Gasteiger partial charge in [-0.3, -0.25) is 0 Å². The molecule has 17 heavy (non-hydrogen) atoms. The Morgan fingerprint density at radius 1 is 1.29 bits per heavy atom. The standard InChI is InChI=1S/C13H22N2O2/c1-12-3-4-13(17-12)11-14-5-2-6-15-7-9-16-10-8-15/h3-4,14H,2,5-11H2,1H3/p+2. The summed E-state index contributed by atoms with van der Waals surface area (Å²) < 4.78 is 10.9. The lowest BCUT2D eigenvalue weighted by atomic mass is 10.3. The molecule has 1 aromatic rings. The number of hydrogen-bond acceptors (Lipinski definition) is 2. The lowest BCUT2D eigenvalue weighted by Gasteiger charge is -2.23. The molecule has 1 aliphatic rings. The second kappa shape index (κ2) is 6.79. The molecule has 1 aliphatic heterocycles. The molecule has 96 valence electrons. The third kappa shape index (κ3) is 4.50. The Hall–Kier alpha value is -0.840. The van der Waals surface area contributed by atoms with Crippen molar-refractivity contribution < 1.29 is 19.4 Å². The molecule has 0 aromatic carbocycles. The molecule has 4 heteroatoms. The van der Waals surface area contributed by atoms with Gasteiger partial charge in [-0.2, -0.15) is 0 Å². The Balaban J connectivity index is 1.51. The van der Waals surface area contributed by atoms with Crippen LogP contribution in [0.4, 0.5) is 0 Å². The van der Waals surface area contributed by atoms with Gasteiger partial charge in [-0.15, -0.1) is 0 Å². The first-order valence-electron chi connectivity index (χ1n) is 6.63. The fourth-order valence-corrected chi connectivity index (χ4v) is 2.25. The van der Waals surface area contributed by atoms with E-state index in [1.54, 1.807) is 4.90 Å². The van der Waals surface area contributed by atoms with Crippen molar-refractivity contribution in [2.75, 3.05) is 39.4 Å². The summed E-state index contributed by atoms with van der Waals surface area (Å²) in [6.07, 6.45) is 1.27. The number of nitrogens with two attached hydrogens (primary N) is 1. The van der Waals surface area contributed by atoms with Gasteiger partial charge >= 0.3 is 0 Å². The average molecular weight is 240 g/mol. The van der Waals surface area contributed by atoms with E-state index in [1.807, 2.05) is 13.0 Å². The van der Waals surface area contributed by atoms with Crippen molar-refractivity contribution in [2.45, 2.75) is 19.9 Å². The van der Waals surface area contributed by atoms with Gasteiger partial charge in [0.1, 0.15) is 25.4 Å². The first kappa shape index (κ1) is 12.6. The summed E-state index contributed by atoms with van der Waals surface area (Å²) in [6, 6.07) is 4.10. The van der Waals surface area contributed by atoms with Crippen LogP contribution in [0.15, 0.2) is 16.5 Å². The van der Waals surface area contributed by atoms with Crippen LogP contribution in [0.1, 0.15) is 17.9 Å². The average Bonchev–Trinajstić information content (AvgIpc) is 2.76. The Morgan fingerprint density at radius 2 is 2.12 bits per heavy atom. The van der Waals surface area contributed by atoms with E-state index in [-0.39, 0.29) is 0 Å². The Kier molecular flexibility index (Phi) is 5.04. The van der Waals surface area contributed by atoms with Crippen LogP contribution in [0.3, 0.4) is 0 Å². The minimum Gasteiger partial charge on any atom is -0.460 e. The lowest BCUT2D eigenvalue weighted by Crippen LogP contribution is -3.14. The summed E-state index contributed by atoms with van der Waals surface area (Å²) in [4.78, 5) is 1.69. The number of furan rings is 1. The summed E-state index contributed by atoms with van der Waals surface area (Å²) >= 11 is 0. The summed E-state index contributed by atoms with van der Waals surface area (Å²) in [6.45, 7) is 9.64. The largest absolute Gasteiger partial charge is 0.460 e. The van der Waals surface area contributed by atoms with Gasteiger partial charge in [0.15, 0.2) is 5.76 Å². The summed E-state index contributed by atoms with van der Waals surface area (Å²) in [5, 5.41) is 2.33. The number of quaternary nitrogens is 2. The molecule has 4 nitrogen and oxygen atoms in total. The number of morpholine rings is 1. The molecule has 0 spiro atoms. The van der Waals surface area contributed by atoms with Crippen molar-refractivity contribution >= 4 is 0 Å². The van der Waals surface area contributed by atoms with Gasteiger partial charge in [-0.1, -0.05) is 0 Å². The maximum atomic E-state index is 5.53. The highest BCUT2D eigenvalue weighted by Crippen LogP contribution is 2.03. The smallest absolute Gasteiger partial charge is 0.158 e. The predicted molar refractivity (Wildman–Crippen MR) is 64.9 cm³/mol. The topological polar surface area (TPSA) is 43.4 Å². The first-order valence-corrected chi connectivity index (χ1v) is 6.63. The number of rotatable bonds is 6. The van der Waals surface area contributed by atoms with Crippen LogP contribution < -0.4 is 10.2 Å². The first-order chi connectivity index (χ1) is 8.34. The van der Waals surface area contributed by atoms with Crippen molar-refractivity contribution in [3.63, 3.8) is 0 Å². The van der Waals surface area contributed by atoms with Crippen LogP contribution in [0, 0.1) is 6.92 Å². The quantitative estimate of drug-likeness (QED) is 0.624. The molecule has 0 radical (unpaired) electrons. The molecule has 0 atom stereocenters. The molecule has 0 unspecified atom stereocenters. The Labute approximate surface area is 103 Å². The minimum absolute atomic E-state index is 0.935. The maximum Gasteiger partial charge on any atom is 0.158 e. The monoisotopic (exact) mass is 240 g/mol. The zero-order valence-electron chi connectivity index (χ0n) is 10.7. The van der Waals surface area contributed by atoms with Gasteiger partial charge in [0.25, 0.3) is 0 Å². The normalized spacial score (nSPS) is 17.5. The number of nitrogens with one attached hydrogen (secondary N) is 1. The summed E-state index contributed by atoms with van der Waals surface area (Å²) in [5.41, 5.74) is 0. The van der Waals surface area contributed by atoms with Gasteiger partial charge in [-0.05, 0) is 19.1 Å². The van der Waals surface area contributed by atoms with Crippen LogP contribution in [-0.2, 0) is 11.3 Å². The Bertz CT molecular complexity index is 319. The lowest BCUT2D eigenvalue weighted by molar-refractivity contribution is -0.909. The van der Waals surface area contributed by atoms with Crippen LogP contribution >= 0.6 is 0 Å². The molecule has 1 aromatic heterocycles. The van der Waals surface area contributed by atoms with Crippen LogP contribution in [0.2, 0.25) is 0 Å². The van der Waals surface area contributed by atoms with Crippen molar-refractivity contribution in [1.29, 1.82) is 0 Å². The van der Waals surface area contributed by atoms with Crippen molar-refractivity contribution in [3.05, 3.63) is 23.7 Å². The number of hydrogen-bond donors (Lipinski definition) is 2. The molecule has 1 saturated heterocycles. The maximum absolute atomic E-state index is 5.53. The second-order valence-electron chi connectivity index (χ2n) is 4.76. The van der Waals surface area contributed by atoms with E-state index in [4.69, 9.17) is 9.15 Å². The van der Waals surface area contributed by atoms with E-state index >= 15 is 0 Å². The van der Waals surface area contributed by atoms with Gasteiger partial charge in [0.05, 0.1) is 26.3 Å². The van der Waals surface area contributed by atoms with Gasteiger partial charge in [-0.25, -0.2) is 0 Å². The van der Waals surface area contributed by atoms with E-state index in [2.05, 4.69) is 11.4 Å². The molecule has 1 fully saturated rings. The van der Waals surface area contributed by atoms with Crippen molar-refractivity contribution in [1.82, 2.24) is 0 Å². The van der Waals surface area contributed by atoms with Crippen molar-refractivity contribution in [2.24, 2.45) is 0 Å². The molecular weight excluding hydrogens is 216 g/mol.